The number of anilines is 1. The number of hydrogen-bond donors (Lipinski definition) is 1. The maximum atomic E-state index is 10.7. The van der Waals surface area contributed by atoms with E-state index >= 15 is 0 Å². The lowest BCUT2D eigenvalue weighted by Crippen LogP contribution is -2.05. The lowest BCUT2D eigenvalue weighted by molar-refractivity contribution is -0.114. The van der Waals surface area contributed by atoms with Gasteiger partial charge in [0.05, 0.1) is 0 Å². The van der Waals surface area contributed by atoms with E-state index in [2.05, 4.69) is 12.2 Å². The topological polar surface area (TPSA) is 29.1 Å². The van der Waals surface area contributed by atoms with Gasteiger partial charge in [-0.2, -0.15) is 0 Å². The first-order valence-electron chi connectivity index (χ1n) is 5.09. The summed E-state index contributed by atoms with van der Waals surface area (Å²) in [7, 11) is 0. The highest BCUT2D eigenvalue weighted by Gasteiger charge is 1.93. The molecule has 0 saturated heterocycles. The van der Waals surface area contributed by atoms with Crippen molar-refractivity contribution in [1.29, 1.82) is 0 Å². The lowest BCUT2D eigenvalue weighted by Gasteiger charge is -2.01. The van der Waals surface area contributed by atoms with Crippen molar-refractivity contribution in [3.05, 3.63) is 29.8 Å². The smallest absolute Gasteiger partial charge is 0.221 e. The summed E-state index contributed by atoms with van der Waals surface area (Å²) >= 11 is 0. The van der Waals surface area contributed by atoms with Crippen LogP contribution in [-0.4, -0.2) is 5.91 Å². The van der Waals surface area contributed by atoms with E-state index < -0.39 is 0 Å². The zero-order valence-corrected chi connectivity index (χ0v) is 9.42. The molecule has 0 heterocycles. The number of hydrogen-bond acceptors (Lipinski definition) is 1. The van der Waals surface area contributed by atoms with Crippen LogP contribution in [0.5, 0.6) is 0 Å². The minimum Gasteiger partial charge on any atom is -0.326 e. The van der Waals surface area contributed by atoms with Crippen LogP contribution < -0.4 is 5.32 Å². The molecule has 0 bridgehead atoms. The molecule has 0 saturated carbocycles. The Balaban J connectivity index is 0.000000791. The average molecular weight is 193 g/mol. The number of rotatable bonds is 2. The van der Waals surface area contributed by atoms with E-state index in [0.717, 1.165) is 12.1 Å². The number of carbonyl (C=O) groups is 1. The normalized spacial score (nSPS) is 8.57. The molecular formula is C12H19NO. The Labute approximate surface area is 86.3 Å². The molecule has 0 spiro atoms. The van der Waals surface area contributed by atoms with Crippen LogP contribution in [0.2, 0.25) is 0 Å². The molecule has 0 aliphatic rings. The van der Waals surface area contributed by atoms with E-state index in [4.69, 9.17) is 0 Å². The van der Waals surface area contributed by atoms with Crippen LogP contribution in [0, 0.1) is 0 Å². The summed E-state index contributed by atoms with van der Waals surface area (Å²) in [4.78, 5) is 10.7. The molecule has 1 rings (SSSR count). The van der Waals surface area contributed by atoms with Crippen LogP contribution in [0.4, 0.5) is 5.69 Å². The van der Waals surface area contributed by atoms with Gasteiger partial charge in [0.2, 0.25) is 5.91 Å². The van der Waals surface area contributed by atoms with Crippen molar-refractivity contribution >= 4 is 11.6 Å². The zero-order chi connectivity index (χ0) is 11.0. The molecule has 0 unspecified atom stereocenters. The molecule has 0 aliphatic carbocycles. The van der Waals surface area contributed by atoms with E-state index in [-0.39, 0.29) is 5.91 Å². The summed E-state index contributed by atoms with van der Waals surface area (Å²) in [5, 5.41) is 2.72. The Kier molecular flexibility index (Phi) is 6.46. The van der Waals surface area contributed by atoms with E-state index in [9.17, 15) is 4.79 Å². The first-order chi connectivity index (χ1) is 6.72. The predicted octanol–water partition coefficient (Wildman–Crippen LogP) is 3.23. The van der Waals surface area contributed by atoms with Gasteiger partial charge in [-0.3, -0.25) is 4.79 Å². The second-order valence-corrected chi connectivity index (χ2v) is 2.73. The van der Waals surface area contributed by atoms with Crippen molar-refractivity contribution in [2.45, 2.75) is 34.1 Å². The molecule has 78 valence electrons. The van der Waals surface area contributed by atoms with Crippen LogP contribution >= 0.6 is 0 Å². The molecule has 1 N–H and O–H groups in total. The van der Waals surface area contributed by atoms with Gasteiger partial charge >= 0.3 is 0 Å². The fourth-order valence-corrected chi connectivity index (χ4v) is 1.03. The van der Waals surface area contributed by atoms with E-state index in [1.165, 1.54) is 12.5 Å². The maximum absolute atomic E-state index is 10.7. The Morgan fingerprint density at radius 3 is 2.07 bits per heavy atom. The second kappa shape index (κ2) is 7.13. The maximum Gasteiger partial charge on any atom is 0.221 e. The first-order valence-corrected chi connectivity index (χ1v) is 5.09. The summed E-state index contributed by atoms with van der Waals surface area (Å²) in [6.07, 6.45) is 1.03. The number of nitrogens with one attached hydrogen (secondary N) is 1. The number of amides is 1. The standard InChI is InChI=1S/C10H13NO.C2H6/c1-3-9-4-6-10(7-5-9)11-8(2)12;1-2/h4-7H,3H2,1-2H3,(H,11,12);1-2H3. The first kappa shape index (κ1) is 12.7. The van der Waals surface area contributed by atoms with Crippen LogP contribution in [-0.2, 0) is 11.2 Å². The molecule has 1 amide bonds. The minimum atomic E-state index is -0.0285. The Morgan fingerprint density at radius 1 is 1.21 bits per heavy atom. The van der Waals surface area contributed by atoms with Crippen LogP contribution in [0.3, 0.4) is 0 Å². The Morgan fingerprint density at radius 2 is 1.71 bits per heavy atom. The third kappa shape index (κ3) is 4.65. The Hall–Kier alpha value is -1.31. The van der Waals surface area contributed by atoms with Gasteiger partial charge in [-0.05, 0) is 24.1 Å². The number of benzene rings is 1. The summed E-state index contributed by atoms with van der Waals surface area (Å²) in [5.41, 5.74) is 2.14. The van der Waals surface area contributed by atoms with Crippen molar-refractivity contribution in [3.8, 4) is 0 Å². The zero-order valence-electron chi connectivity index (χ0n) is 9.42. The van der Waals surface area contributed by atoms with Gasteiger partial charge in [-0.1, -0.05) is 32.9 Å². The van der Waals surface area contributed by atoms with Gasteiger partial charge in [-0.15, -0.1) is 0 Å². The van der Waals surface area contributed by atoms with Gasteiger partial charge < -0.3 is 5.32 Å². The van der Waals surface area contributed by atoms with Crippen molar-refractivity contribution in [1.82, 2.24) is 0 Å². The molecule has 1 aromatic rings. The highest BCUT2D eigenvalue weighted by molar-refractivity contribution is 5.88. The fraction of sp³-hybridized carbons (Fsp3) is 0.417. The minimum absolute atomic E-state index is 0.0285. The molecule has 14 heavy (non-hydrogen) atoms. The van der Waals surface area contributed by atoms with Crippen LogP contribution in [0.15, 0.2) is 24.3 Å². The summed E-state index contributed by atoms with van der Waals surface area (Å²) in [5.74, 6) is -0.0285. The summed E-state index contributed by atoms with van der Waals surface area (Å²) < 4.78 is 0. The highest BCUT2D eigenvalue weighted by Crippen LogP contribution is 2.09. The molecular weight excluding hydrogens is 174 g/mol. The molecule has 2 nitrogen and oxygen atoms in total. The monoisotopic (exact) mass is 193 g/mol. The summed E-state index contributed by atoms with van der Waals surface area (Å²) in [6.45, 7) is 7.61. The fourth-order valence-electron chi connectivity index (χ4n) is 1.03. The average Bonchev–Trinajstić information content (AvgIpc) is 2.21. The van der Waals surface area contributed by atoms with Gasteiger partial charge in [0, 0.05) is 12.6 Å². The molecule has 1 aromatic carbocycles. The third-order valence-electron chi connectivity index (χ3n) is 1.68. The predicted molar refractivity (Wildman–Crippen MR) is 61.5 cm³/mol. The van der Waals surface area contributed by atoms with Crippen molar-refractivity contribution in [3.63, 3.8) is 0 Å². The Bertz CT molecular complexity index is 264. The van der Waals surface area contributed by atoms with Gasteiger partial charge in [0.1, 0.15) is 0 Å². The van der Waals surface area contributed by atoms with E-state index in [1.54, 1.807) is 0 Å². The van der Waals surface area contributed by atoms with Gasteiger partial charge in [0.15, 0.2) is 0 Å². The van der Waals surface area contributed by atoms with Crippen molar-refractivity contribution in [2.24, 2.45) is 0 Å². The van der Waals surface area contributed by atoms with Crippen molar-refractivity contribution in [2.75, 3.05) is 5.32 Å². The van der Waals surface area contributed by atoms with E-state index in [1.807, 2.05) is 38.1 Å². The summed E-state index contributed by atoms with van der Waals surface area (Å²) in [6, 6.07) is 7.87. The largest absolute Gasteiger partial charge is 0.326 e. The highest BCUT2D eigenvalue weighted by atomic mass is 16.1. The molecule has 2 heteroatoms. The van der Waals surface area contributed by atoms with Crippen LogP contribution in [0.25, 0.3) is 0 Å². The third-order valence-corrected chi connectivity index (χ3v) is 1.68. The second-order valence-electron chi connectivity index (χ2n) is 2.73. The molecule has 0 radical (unpaired) electrons. The molecule has 0 fully saturated rings. The quantitative estimate of drug-likeness (QED) is 0.767. The van der Waals surface area contributed by atoms with E-state index in [0.29, 0.717) is 0 Å². The molecule has 0 atom stereocenters. The van der Waals surface area contributed by atoms with Crippen molar-refractivity contribution < 1.29 is 4.79 Å². The van der Waals surface area contributed by atoms with Gasteiger partial charge in [0.25, 0.3) is 0 Å². The van der Waals surface area contributed by atoms with Gasteiger partial charge in [-0.25, -0.2) is 0 Å². The SMILES string of the molecule is CC.CCc1ccc(NC(C)=O)cc1. The lowest BCUT2D eigenvalue weighted by atomic mass is 10.1. The number of aryl methyl sites for hydroxylation is 1. The molecule has 0 aliphatic heterocycles. The van der Waals surface area contributed by atoms with Crippen LogP contribution in [0.1, 0.15) is 33.3 Å². The molecule has 0 aromatic heterocycles. The number of carbonyl (C=O) groups excluding carboxylic acids is 1.